The van der Waals surface area contributed by atoms with Crippen LogP contribution in [0, 0.1) is 29.1 Å². The van der Waals surface area contributed by atoms with Crippen molar-refractivity contribution in [2.24, 2.45) is 17.3 Å². The van der Waals surface area contributed by atoms with Crippen LogP contribution in [-0.4, -0.2) is 162 Å². The first kappa shape index (κ1) is 67.9. The van der Waals surface area contributed by atoms with E-state index in [4.69, 9.17) is 14.5 Å². The topological polar surface area (TPSA) is 162 Å². The number of rotatable bonds is 10. The zero-order valence-electron chi connectivity index (χ0n) is 47.2. The number of esters is 1. The molecule has 6 heterocycles. The number of cyclic esters (lactones) is 1. The van der Waals surface area contributed by atoms with Crippen LogP contribution in [0.25, 0.3) is 33.3 Å². The highest BCUT2D eigenvalue weighted by atomic mass is 32.1. The second-order valence-corrected chi connectivity index (χ2v) is 22.1. The second kappa shape index (κ2) is 28.4. The Labute approximate surface area is 497 Å². The van der Waals surface area contributed by atoms with Gasteiger partial charge in [0.25, 0.3) is 11.8 Å². The molecule has 0 saturated carbocycles. The van der Waals surface area contributed by atoms with Crippen LogP contribution in [0.2, 0.25) is 0 Å². The van der Waals surface area contributed by atoms with Gasteiger partial charge in [0, 0.05) is 87.9 Å². The molecule has 4 amide bonds. The molecule has 0 radical (unpaired) electrons. The lowest BCUT2D eigenvalue weighted by Crippen LogP contribution is -2.66. The number of fused-ring (bicyclic) bond motifs is 6. The molecule has 3 saturated heterocycles. The Bertz CT molecular complexity index is 2830. The molecule has 2 aromatic heterocycles. The number of nitrogens with zero attached hydrogens (tertiary/aromatic N) is 7. The Morgan fingerprint density at radius 1 is 0.949 bits per heavy atom. The van der Waals surface area contributed by atoms with Crippen molar-refractivity contribution < 1.29 is 33.4 Å². The third-order valence-electron chi connectivity index (χ3n) is 15.4. The summed E-state index contributed by atoms with van der Waals surface area (Å²) in [6.07, 6.45) is 3.72. The van der Waals surface area contributed by atoms with Gasteiger partial charge in [-0.1, -0.05) is 63.9 Å². The van der Waals surface area contributed by atoms with Crippen LogP contribution in [0.4, 0.5) is 0 Å². The molecular weight excluding hydrogens is 1080 g/mol. The highest BCUT2D eigenvalue weighted by molar-refractivity contribution is 7.60. The number of carbonyl (C=O) groups excluding carboxylic acids is 5. The fourth-order valence-corrected chi connectivity index (χ4v) is 11.3. The summed E-state index contributed by atoms with van der Waals surface area (Å²) >= 11 is 0. The highest BCUT2D eigenvalue weighted by Crippen LogP contribution is 2.42. The van der Waals surface area contributed by atoms with Crippen LogP contribution in [0.5, 0.6) is 0 Å². The maximum absolute atomic E-state index is 14.8. The quantitative estimate of drug-likeness (QED) is 0.144. The summed E-state index contributed by atoms with van der Waals surface area (Å²) in [4.78, 5) is 83.3. The van der Waals surface area contributed by atoms with E-state index < -0.39 is 47.2 Å². The lowest BCUT2D eigenvalue weighted by atomic mass is 9.84. The predicted molar refractivity (Wildman–Crippen MR) is 333 cm³/mol. The number of likely N-dealkylation sites (tertiary alicyclic amines) is 2. The number of methoxy groups -OCH3 is 1. The largest absolute Gasteiger partial charge is 0.464 e. The van der Waals surface area contributed by atoms with Crippen molar-refractivity contribution in [3.05, 3.63) is 77.6 Å². The molecule has 21 heteroatoms. The summed E-state index contributed by atoms with van der Waals surface area (Å²) in [6, 6.07) is 15.8. The molecule has 0 spiro atoms. The maximum Gasteiger partial charge on any atom is 0.324 e. The van der Waals surface area contributed by atoms with E-state index in [2.05, 4.69) is 89.2 Å². The molecule has 2 aromatic carbocycles. The standard InChI is InChI=1S/C57H75N9O7.5H2S/c1-12-65-47-21-20-40-30-43(47)44(51(65)42-18-14-25-58-49(42)37(4)72-11)31-56(5,6)35-73-55(71)45-19-15-26-66(60-45)54(70)46(29-38-16-13-17-39(40)28-38)59-52(68)50(36(2)3)63(10)53(69)41-23-27-64(32-41)48(67)22-24-57(61(7)8)33-62(9)34-57;;;;;/h13-14,16-18,20-21,25,28,30,36-37,41,45-46,50,60H,12,15,19,23,26-27,29,31-35H2,1-11H3,(H,59,68);5*1H2/t37-,41-,45-,46-,50-;;;;;/m0...../s1. The maximum atomic E-state index is 14.8. The van der Waals surface area contributed by atoms with Crippen LogP contribution in [0.1, 0.15) is 83.7 Å². The zero-order valence-corrected chi connectivity index (χ0v) is 52.2. The van der Waals surface area contributed by atoms with Gasteiger partial charge >= 0.3 is 5.97 Å². The van der Waals surface area contributed by atoms with Crippen molar-refractivity contribution >= 4 is 108 Å². The molecule has 5 atom stereocenters. The van der Waals surface area contributed by atoms with Gasteiger partial charge < -0.3 is 34.1 Å². The van der Waals surface area contributed by atoms with E-state index in [0.29, 0.717) is 45.3 Å². The van der Waals surface area contributed by atoms with Crippen molar-refractivity contribution in [2.45, 2.75) is 110 Å². The fraction of sp³-hybridized carbons (Fsp3) is 0.544. The van der Waals surface area contributed by atoms with E-state index in [9.17, 15) is 24.0 Å². The van der Waals surface area contributed by atoms with Gasteiger partial charge in [-0.05, 0) is 119 Å². The number of ether oxygens (including phenoxy) is 2. The highest BCUT2D eigenvalue weighted by Gasteiger charge is 2.43. The lowest BCUT2D eigenvalue weighted by molar-refractivity contribution is -0.155. The van der Waals surface area contributed by atoms with Crippen LogP contribution >= 0.6 is 67.5 Å². The minimum Gasteiger partial charge on any atom is -0.464 e. The molecule has 16 nitrogen and oxygen atoms in total. The number of benzene rings is 2. The van der Waals surface area contributed by atoms with Gasteiger partial charge in [0.2, 0.25) is 11.8 Å². The lowest BCUT2D eigenvalue weighted by Gasteiger charge is -2.49. The summed E-state index contributed by atoms with van der Waals surface area (Å²) in [5.41, 5.74) is 10.1. The van der Waals surface area contributed by atoms with E-state index in [-0.39, 0.29) is 116 Å². The summed E-state index contributed by atoms with van der Waals surface area (Å²) in [5.74, 6) is 3.34. The number of likely N-dealkylation sites (N-methyl/N-ethyl adjacent to an activating group) is 3. The molecule has 0 aliphatic carbocycles. The van der Waals surface area contributed by atoms with Crippen molar-refractivity contribution in [2.75, 3.05) is 74.6 Å². The molecule has 4 aliphatic rings. The fourth-order valence-electron chi connectivity index (χ4n) is 11.3. The zero-order chi connectivity index (χ0) is 52.5. The molecule has 4 aromatic rings. The average molecular weight is 1170 g/mol. The number of aryl methyl sites for hydroxylation is 1. The van der Waals surface area contributed by atoms with Gasteiger partial charge in [-0.15, -0.1) is 0 Å². The number of aromatic nitrogens is 2. The molecule has 78 heavy (non-hydrogen) atoms. The van der Waals surface area contributed by atoms with Crippen molar-refractivity contribution in [1.82, 2.24) is 44.9 Å². The number of hydrazine groups is 1. The normalized spacial score (nSPS) is 20.6. The van der Waals surface area contributed by atoms with Crippen LogP contribution < -0.4 is 10.7 Å². The number of pyridine rings is 1. The Morgan fingerprint density at radius 2 is 1.65 bits per heavy atom. The van der Waals surface area contributed by atoms with Crippen molar-refractivity contribution in [3.8, 4) is 34.2 Å². The van der Waals surface area contributed by atoms with E-state index >= 15 is 0 Å². The number of amides is 4. The molecule has 2 N–H and O–H groups in total. The second-order valence-electron chi connectivity index (χ2n) is 22.1. The van der Waals surface area contributed by atoms with E-state index in [1.807, 2.05) is 65.0 Å². The summed E-state index contributed by atoms with van der Waals surface area (Å²) in [7, 11) is 9.26. The van der Waals surface area contributed by atoms with Gasteiger partial charge in [-0.2, -0.15) is 67.5 Å². The van der Waals surface area contributed by atoms with E-state index in [1.54, 1.807) is 25.3 Å². The first-order chi connectivity index (χ1) is 34.7. The van der Waals surface area contributed by atoms with Crippen LogP contribution in [0.3, 0.4) is 0 Å². The van der Waals surface area contributed by atoms with Gasteiger partial charge in [0.05, 0.1) is 30.0 Å². The van der Waals surface area contributed by atoms with Gasteiger partial charge in [-0.25, -0.2) is 5.43 Å². The molecule has 6 bridgehead atoms. The predicted octanol–water partition coefficient (Wildman–Crippen LogP) is 5.89. The van der Waals surface area contributed by atoms with Crippen LogP contribution in [-0.2, 0) is 52.8 Å². The summed E-state index contributed by atoms with van der Waals surface area (Å²) < 4.78 is 14.3. The monoisotopic (exact) mass is 1170 g/mol. The molecule has 3 fully saturated rings. The van der Waals surface area contributed by atoms with Gasteiger partial charge in [0.1, 0.15) is 23.7 Å². The summed E-state index contributed by atoms with van der Waals surface area (Å²) in [6.45, 7) is 15.3. The number of carbonyl (C=O) groups is 5. The number of hydrogen-bond acceptors (Lipinski definition) is 11. The SMILES string of the molecule is CCn1c(-c2cccnc2[C@H](C)OC)c2c3cc(ccc31)-c1cccc(c1)C[C@H](NC(=O)[C@H](C(C)C)N(C)C(=O)[C@H]1CCN(C(=O)C#CC3(N(C)C)CN(C)C3)C1)C(=O)N1CCC[C@H](N1)C(=O)OCC(C)(C)C2.S.S.S.S.S. The first-order valence-electron chi connectivity index (χ1n) is 26.0. The van der Waals surface area contributed by atoms with Crippen LogP contribution in [0.15, 0.2) is 60.8 Å². The minimum absolute atomic E-state index is 0. The first-order valence-corrected chi connectivity index (χ1v) is 26.0. The molecule has 8 rings (SSSR count). The van der Waals surface area contributed by atoms with Crippen molar-refractivity contribution in [1.29, 1.82) is 0 Å². The molecular formula is C57H85N9O7S5. The molecule has 430 valence electrons. The van der Waals surface area contributed by atoms with Crippen molar-refractivity contribution in [3.63, 3.8) is 0 Å². The Morgan fingerprint density at radius 3 is 2.31 bits per heavy atom. The molecule has 4 aliphatic heterocycles. The Balaban J connectivity index is 0.00000320. The van der Waals surface area contributed by atoms with Gasteiger partial charge in [0.15, 0.2) is 0 Å². The van der Waals surface area contributed by atoms with E-state index in [0.717, 1.165) is 63.2 Å². The van der Waals surface area contributed by atoms with Gasteiger partial charge in [-0.3, -0.25) is 38.9 Å². The third kappa shape index (κ3) is 14.4. The smallest absolute Gasteiger partial charge is 0.324 e. The van der Waals surface area contributed by atoms with E-state index in [1.165, 1.54) is 9.91 Å². The Hall–Kier alpha value is -4.37. The molecule has 0 unspecified atom stereocenters. The Kier molecular flexibility index (Phi) is 24.7. The number of nitrogens with one attached hydrogen (secondary N) is 2. The number of hydrogen-bond donors (Lipinski definition) is 2. The third-order valence-corrected chi connectivity index (χ3v) is 15.4. The average Bonchev–Trinajstić information content (AvgIpc) is 3.98. The minimum atomic E-state index is -1.06. The summed E-state index contributed by atoms with van der Waals surface area (Å²) in [5, 5.41) is 5.61.